The Morgan fingerprint density at radius 2 is 1.02 bits per heavy atom. The summed E-state index contributed by atoms with van der Waals surface area (Å²) in [6.07, 6.45) is 51.7. The molecule has 0 aliphatic carbocycles. The molecule has 6 heteroatoms. The fourth-order valence-electron chi connectivity index (χ4n) is 6.58. The number of allylic oxidation sites excluding steroid dienone is 9. The summed E-state index contributed by atoms with van der Waals surface area (Å²) >= 11 is 0. The van der Waals surface area contributed by atoms with Crippen LogP contribution in [0.25, 0.3) is 0 Å². The van der Waals surface area contributed by atoms with Crippen molar-refractivity contribution in [3.8, 4) is 0 Å². The van der Waals surface area contributed by atoms with Crippen molar-refractivity contribution >= 4 is 11.9 Å². The number of esters is 1. The summed E-state index contributed by atoms with van der Waals surface area (Å²) in [6.45, 7) is 6.30. The highest BCUT2D eigenvalue weighted by Crippen LogP contribution is 2.15. The Bertz CT molecular complexity index is 999. The SMILES string of the molecule is CC/C=C/C/C=C/C/C=C/CCCCCCC(=O)OC(/C=C/C/C=C\CCCCCCCC)CC(=O)NC(CO)C(O)CCCCCCCCCCCCC. The second-order valence-electron chi connectivity index (χ2n) is 15.4. The Balaban J connectivity index is 4.71. The van der Waals surface area contributed by atoms with Crippen molar-refractivity contribution in [3.63, 3.8) is 0 Å². The lowest BCUT2D eigenvalue weighted by Crippen LogP contribution is -2.46. The topological polar surface area (TPSA) is 95.9 Å². The van der Waals surface area contributed by atoms with Gasteiger partial charge in [-0.2, -0.15) is 0 Å². The van der Waals surface area contributed by atoms with Crippen molar-refractivity contribution in [3.05, 3.63) is 60.8 Å². The normalized spacial score (nSPS) is 13.9. The van der Waals surface area contributed by atoms with Crippen LogP contribution in [0, 0.1) is 0 Å². The maximum absolute atomic E-state index is 13.1. The van der Waals surface area contributed by atoms with Gasteiger partial charge in [-0.3, -0.25) is 9.59 Å². The molecule has 3 N–H and O–H groups in total. The van der Waals surface area contributed by atoms with Gasteiger partial charge in [0.15, 0.2) is 0 Å². The number of unbranched alkanes of at least 4 members (excludes halogenated alkanes) is 20. The van der Waals surface area contributed by atoms with Crippen molar-refractivity contribution in [1.29, 1.82) is 0 Å². The fourth-order valence-corrected chi connectivity index (χ4v) is 6.58. The lowest BCUT2D eigenvalue weighted by atomic mass is 10.0. The van der Waals surface area contributed by atoms with Gasteiger partial charge in [-0.05, 0) is 70.3 Å². The zero-order chi connectivity index (χ0) is 40.3. The molecule has 0 heterocycles. The minimum Gasteiger partial charge on any atom is -0.458 e. The zero-order valence-electron chi connectivity index (χ0n) is 36.0. The molecule has 1 amide bonds. The Labute approximate surface area is 339 Å². The standard InChI is InChI=1S/C49H87NO5/c1-4-7-10-13-16-19-22-23-24-27-30-33-36-39-42-49(54)55-45(40-37-34-31-28-25-20-17-14-11-8-5-2)43-48(53)50-46(44-51)47(52)41-38-35-32-29-26-21-18-15-12-9-6-3/h7,10,16,19,23-24,28,31,37,40,45-47,51-52H,4-6,8-9,11-15,17-18,20-22,25-27,29-30,32-36,38-39,41-44H2,1-3H3,(H,50,53)/b10-7+,19-16+,24-23+,31-28-,40-37+. The first-order chi connectivity index (χ1) is 27.0. The second-order valence-corrected chi connectivity index (χ2v) is 15.4. The van der Waals surface area contributed by atoms with Crippen LogP contribution >= 0.6 is 0 Å². The summed E-state index contributed by atoms with van der Waals surface area (Å²) in [5.41, 5.74) is 0. The predicted octanol–water partition coefficient (Wildman–Crippen LogP) is 13.3. The van der Waals surface area contributed by atoms with Crippen molar-refractivity contribution in [2.24, 2.45) is 0 Å². The van der Waals surface area contributed by atoms with Crippen LogP contribution < -0.4 is 5.32 Å². The molecule has 0 saturated heterocycles. The third-order valence-electron chi connectivity index (χ3n) is 10.1. The van der Waals surface area contributed by atoms with E-state index < -0.39 is 18.2 Å². The van der Waals surface area contributed by atoms with E-state index in [-0.39, 0.29) is 24.9 Å². The van der Waals surface area contributed by atoms with E-state index in [9.17, 15) is 19.8 Å². The molecule has 3 unspecified atom stereocenters. The number of nitrogens with one attached hydrogen (secondary N) is 1. The number of aliphatic hydroxyl groups is 2. The van der Waals surface area contributed by atoms with Gasteiger partial charge in [-0.1, -0.05) is 191 Å². The average molecular weight is 770 g/mol. The van der Waals surface area contributed by atoms with Crippen molar-refractivity contribution < 1.29 is 24.5 Å². The van der Waals surface area contributed by atoms with Gasteiger partial charge in [-0.15, -0.1) is 0 Å². The van der Waals surface area contributed by atoms with Crippen LogP contribution in [0.15, 0.2) is 60.8 Å². The number of carbonyl (C=O) groups excluding carboxylic acids is 2. The third-order valence-corrected chi connectivity index (χ3v) is 10.1. The Morgan fingerprint density at radius 3 is 1.55 bits per heavy atom. The molecule has 318 valence electrons. The maximum atomic E-state index is 13.1. The first kappa shape index (κ1) is 52.6. The summed E-state index contributed by atoms with van der Waals surface area (Å²) in [6, 6.07) is -0.736. The largest absolute Gasteiger partial charge is 0.458 e. The maximum Gasteiger partial charge on any atom is 0.306 e. The van der Waals surface area contributed by atoms with Crippen LogP contribution in [0.2, 0.25) is 0 Å². The molecule has 0 radical (unpaired) electrons. The number of hydrogen-bond acceptors (Lipinski definition) is 5. The van der Waals surface area contributed by atoms with E-state index in [2.05, 4.69) is 74.7 Å². The highest BCUT2D eigenvalue weighted by molar-refractivity contribution is 5.78. The van der Waals surface area contributed by atoms with E-state index in [4.69, 9.17) is 4.74 Å². The third kappa shape index (κ3) is 38.2. The lowest BCUT2D eigenvalue weighted by Gasteiger charge is -2.23. The minimum absolute atomic E-state index is 0.0393. The molecule has 6 nitrogen and oxygen atoms in total. The lowest BCUT2D eigenvalue weighted by molar-refractivity contribution is -0.148. The summed E-state index contributed by atoms with van der Waals surface area (Å²) in [4.78, 5) is 25.9. The molecule has 0 spiro atoms. The number of amides is 1. The van der Waals surface area contributed by atoms with Gasteiger partial charge in [-0.25, -0.2) is 0 Å². The fraction of sp³-hybridized carbons (Fsp3) is 0.755. The van der Waals surface area contributed by atoms with Crippen LogP contribution in [0.3, 0.4) is 0 Å². The first-order valence-electron chi connectivity index (χ1n) is 23.0. The molecule has 3 atom stereocenters. The number of rotatable bonds is 40. The van der Waals surface area contributed by atoms with Crippen LogP contribution in [-0.2, 0) is 14.3 Å². The first-order valence-corrected chi connectivity index (χ1v) is 23.0. The Kier molecular flexibility index (Phi) is 40.8. The molecular weight excluding hydrogens is 683 g/mol. The van der Waals surface area contributed by atoms with E-state index in [1.807, 2.05) is 12.2 Å². The highest BCUT2D eigenvalue weighted by Gasteiger charge is 2.23. The summed E-state index contributed by atoms with van der Waals surface area (Å²) in [5, 5.41) is 23.6. The molecule has 0 rings (SSSR count). The van der Waals surface area contributed by atoms with Crippen LogP contribution in [0.5, 0.6) is 0 Å². The Hall–Kier alpha value is -2.44. The molecule has 0 bridgehead atoms. The van der Waals surface area contributed by atoms with E-state index >= 15 is 0 Å². The van der Waals surface area contributed by atoms with Crippen LogP contribution in [-0.4, -0.2) is 46.9 Å². The predicted molar refractivity (Wildman–Crippen MR) is 236 cm³/mol. The summed E-state index contributed by atoms with van der Waals surface area (Å²) in [5.74, 6) is -0.633. The van der Waals surface area contributed by atoms with Gasteiger partial charge in [0, 0.05) is 6.42 Å². The van der Waals surface area contributed by atoms with E-state index in [0.717, 1.165) is 77.0 Å². The van der Waals surface area contributed by atoms with E-state index in [1.165, 1.54) is 89.9 Å². The van der Waals surface area contributed by atoms with E-state index in [0.29, 0.717) is 19.3 Å². The molecule has 55 heavy (non-hydrogen) atoms. The van der Waals surface area contributed by atoms with Gasteiger partial charge in [0.2, 0.25) is 5.91 Å². The number of aliphatic hydroxyl groups excluding tert-OH is 2. The van der Waals surface area contributed by atoms with E-state index in [1.54, 1.807) is 0 Å². The summed E-state index contributed by atoms with van der Waals surface area (Å²) < 4.78 is 5.79. The number of carbonyl (C=O) groups is 2. The second kappa shape index (κ2) is 42.7. The molecular formula is C49H87NO5. The van der Waals surface area contributed by atoms with Gasteiger partial charge < -0.3 is 20.3 Å². The van der Waals surface area contributed by atoms with Gasteiger partial charge in [0.05, 0.1) is 25.2 Å². The number of ether oxygens (including phenoxy) is 1. The molecule has 0 saturated carbocycles. The van der Waals surface area contributed by atoms with Gasteiger partial charge >= 0.3 is 5.97 Å². The molecule has 0 aromatic rings. The molecule has 0 aliphatic rings. The minimum atomic E-state index is -0.814. The molecule has 0 aromatic heterocycles. The quantitative estimate of drug-likeness (QED) is 0.0328. The van der Waals surface area contributed by atoms with Gasteiger partial charge in [0.1, 0.15) is 6.10 Å². The number of hydrogen-bond donors (Lipinski definition) is 3. The molecule has 0 aromatic carbocycles. The van der Waals surface area contributed by atoms with Crippen LogP contribution in [0.4, 0.5) is 0 Å². The van der Waals surface area contributed by atoms with Gasteiger partial charge in [0.25, 0.3) is 0 Å². The smallest absolute Gasteiger partial charge is 0.306 e. The average Bonchev–Trinajstić information content (AvgIpc) is 3.18. The zero-order valence-corrected chi connectivity index (χ0v) is 36.0. The van der Waals surface area contributed by atoms with Crippen molar-refractivity contribution in [2.75, 3.05) is 6.61 Å². The Morgan fingerprint density at radius 1 is 0.564 bits per heavy atom. The van der Waals surface area contributed by atoms with Crippen molar-refractivity contribution in [2.45, 2.75) is 232 Å². The highest BCUT2D eigenvalue weighted by atomic mass is 16.5. The monoisotopic (exact) mass is 770 g/mol. The van der Waals surface area contributed by atoms with Crippen LogP contribution in [0.1, 0.15) is 213 Å². The van der Waals surface area contributed by atoms with Crippen molar-refractivity contribution in [1.82, 2.24) is 5.32 Å². The molecule has 0 aliphatic heterocycles. The molecule has 0 fully saturated rings. The summed E-state index contributed by atoms with van der Waals surface area (Å²) in [7, 11) is 0.